The number of nitrogens with one attached hydrogen (secondary N) is 1. The van der Waals surface area contributed by atoms with Crippen molar-refractivity contribution in [3.05, 3.63) is 46.3 Å². The van der Waals surface area contributed by atoms with Crippen LogP contribution in [-0.4, -0.2) is 6.54 Å². The zero-order chi connectivity index (χ0) is 13.1. The molecule has 0 aliphatic heterocycles. The highest BCUT2D eigenvalue weighted by Crippen LogP contribution is 2.33. The lowest BCUT2D eigenvalue weighted by Gasteiger charge is -2.09. The Labute approximate surface area is 114 Å². The van der Waals surface area contributed by atoms with Gasteiger partial charge >= 0.3 is 0 Å². The number of hydrogen-bond donors (Lipinski definition) is 1. The van der Waals surface area contributed by atoms with Gasteiger partial charge in [-0.2, -0.15) is 0 Å². The summed E-state index contributed by atoms with van der Waals surface area (Å²) >= 11 is 1.89. The SMILES string of the molecule is CCNC(C)c1ccc(-c2cccc(C)c2C)s1. The summed E-state index contributed by atoms with van der Waals surface area (Å²) in [7, 11) is 0. The van der Waals surface area contributed by atoms with Crippen LogP contribution in [-0.2, 0) is 0 Å². The van der Waals surface area contributed by atoms with Crippen LogP contribution in [0.5, 0.6) is 0 Å². The van der Waals surface area contributed by atoms with Gasteiger partial charge in [0, 0.05) is 15.8 Å². The van der Waals surface area contributed by atoms with Gasteiger partial charge in [-0.15, -0.1) is 11.3 Å². The van der Waals surface area contributed by atoms with E-state index in [-0.39, 0.29) is 0 Å². The quantitative estimate of drug-likeness (QED) is 0.839. The van der Waals surface area contributed by atoms with Gasteiger partial charge in [0.25, 0.3) is 0 Å². The molecule has 18 heavy (non-hydrogen) atoms. The first kappa shape index (κ1) is 13.3. The van der Waals surface area contributed by atoms with E-state index in [1.54, 1.807) is 0 Å². The molecule has 2 aromatic rings. The summed E-state index contributed by atoms with van der Waals surface area (Å²) in [5.74, 6) is 0. The summed E-state index contributed by atoms with van der Waals surface area (Å²) in [6, 6.07) is 11.5. The number of thiophene rings is 1. The first-order valence-corrected chi connectivity index (χ1v) is 7.34. The molecule has 1 atom stereocenters. The number of benzene rings is 1. The lowest BCUT2D eigenvalue weighted by atomic mass is 10.0. The van der Waals surface area contributed by atoms with Crippen molar-refractivity contribution < 1.29 is 0 Å². The molecule has 0 bridgehead atoms. The molecule has 0 aliphatic rings. The summed E-state index contributed by atoms with van der Waals surface area (Å²) < 4.78 is 0. The normalized spacial score (nSPS) is 12.7. The van der Waals surface area contributed by atoms with Gasteiger partial charge < -0.3 is 5.32 Å². The van der Waals surface area contributed by atoms with Crippen LogP contribution in [0.2, 0.25) is 0 Å². The third kappa shape index (κ3) is 2.65. The fourth-order valence-corrected chi connectivity index (χ4v) is 3.27. The van der Waals surface area contributed by atoms with Gasteiger partial charge in [-0.3, -0.25) is 0 Å². The summed E-state index contributed by atoms with van der Waals surface area (Å²) in [5.41, 5.74) is 4.12. The predicted octanol–water partition coefficient (Wildman–Crippen LogP) is 4.70. The number of hydrogen-bond acceptors (Lipinski definition) is 2. The molecule has 0 aliphatic carbocycles. The molecule has 1 aromatic heterocycles. The monoisotopic (exact) mass is 259 g/mol. The second kappa shape index (κ2) is 5.68. The topological polar surface area (TPSA) is 12.0 Å². The highest BCUT2D eigenvalue weighted by Gasteiger charge is 2.10. The second-order valence-corrected chi connectivity index (χ2v) is 5.84. The Bertz CT molecular complexity index is 528. The minimum Gasteiger partial charge on any atom is -0.310 e. The molecule has 1 unspecified atom stereocenters. The maximum absolute atomic E-state index is 3.46. The Morgan fingerprint density at radius 2 is 1.94 bits per heavy atom. The Morgan fingerprint density at radius 1 is 1.17 bits per heavy atom. The first-order chi connectivity index (χ1) is 8.63. The minimum atomic E-state index is 0.443. The van der Waals surface area contributed by atoms with Crippen LogP contribution < -0.4 is 5.32 Å². The van der Waals surface area contributed by atoms with Crippen molar-refractivity contribution in [1.29, 1.82) is 0 Å². The Balaban J connectivity index is 2.32. The molecular formula is C16H21NS. The molecule has 2 rings (SSSR count). The van der Waals surface area contributed by atoms with Crippen LogP contribution in [0.25, 0.3) is 10.4 Å². The van der Waals surface area contributed by atoms with Gasteiger partial charge in [0.15, 0.2) is 0 Å². The van der Waals surface area contributed by atoms with Crippen molar-refractivity contribution in [1.82, 2.24) is 5.32 Å². The van der Waals surface area contributed by atoms with Crippen molar-refractivity contribution in [2.24, 2.45) is 0 Å². The summed E-state index contributed by atoms with van der Waals surface area (Å²) in [6.45, 7) is 9.77. The third-order valence-electron chi connectivity index (χ3n) is 3.43. The summed E-state index contributed by atoms with van der Waals surface area (Å²) in [6.07, 6.45) is 0. The van der Waals surface area contributed by atoms with E-state index < -0.39 is 0 Å². The fraction of sp³-hybridized carbons (Fsp3) is 0.375. The molecule has 0 spiro atoms. The van der Waals surface area contributed by atoms with E-state index in [9.17, 15) is 0 Å². The highest BCUT2D eigenvalue weighted by molar-refractivity contribution is 7.15. The second-order valence-electron chi connectivity index (χ2n) is 4.73. The molecule has 96 valence electrons. The summed E-state index contributed by atoms with van der Waals surface area (Å²) in [4.78, 5) is 2.78. The Morgan fingerprint density at radius 3 is 2.67 bits per heavy atom. The van der Waals surface area contributed by atoms with E-state index in [4.69, 9.17) is 0 Å². The van der Waals surface area contributed by atoms with Crippen LogP contribution in [0.3, 0.4) is 0 Å². The molecular weight excluding hydrogens is 238 g/mol. The number of rotatable bonds is 4. The first-order valence-electron chi connectivity index (χ1n) is 6.53. The lowest BCUT2D eigenvalue weighted by molar-refractivity contribution is 0.607. The molecule has 2 heteroatoms. The van der Waals surface area contributed by atoms with E-state index in [0.717, 1.165) is 6.54 Å². The molecule has 1 nitrogen and oxygen atoms in total. The van der Waals surface area contributed by atoms with Gasteiger partial charge in [0.2, 0.25) is 0 Å². The maximum atomic E-state index is 3.46. The van der Waals surface area contributed by atoms with Crippen LogP contribution in [0, 0.1) is 13.8 Å². The van der Waals surface area contributed by atoms with Crippen LogP contribution in [0.15, 0.2) is 30.3 Å². The molecule has 1 aromatic carbocycles. The molecule has 0 saturated heterocycles. The smallest absolute Gasteiger partial charge is 0.0386 e. The van der Waals surface area contributed by atoms with E-state index in [1.165, 1.54) is 26.4 Å². The minimum absolute atomic E-state index is 0.443. The third-order valence-corrected chi connectivity index (χ3v) is 4.74. The van der Waals surface area contributed by atoms with Crippen molar-refractivity contribution in [3.63, 3.8) is 0 Å². The molecule has 0 radical (unpaired) electrons. The van der Waals surface area contributed by atoms with Crippen LogP contribution in [0.1, 0.15) is 35.9 Å². The van der Waals surface area contributed by atoms with Crippen LogP contribution in [0.4, 0.5) is 0 Å². The molecule has 0 fully saturated rings. The van der Waals surface area contributed by atoms with Crippen molar-refractivity contribution >= 4 is 11.3 Å². The zero-order valence-corrected chi connectivity index (χ0v) is 12.4. The largest absolute Gasteiger partial charge is 0.310 e. The number of aryl methyl sites for hydroxylation is 1. The summed E-state index contributed by atoms with van der Waals surface area (Å²) in [5, 5.41) is 3.46. The van der Waals surface area contributed by atoms with E-state index in [2.05, 4.69) is 63.3 Å². The van der Waals surface area contributed by atoms with Crippen LogP contribution >= 0.6 is 11.3 Å². The van der Waals surface area contributed by atoms with Gasteiger partial charge in [0.05, 0.1) is 0 Å². The van der Waals surface area contributed by atoms with Gasteiger partial charge in [-0.05, 0) is 56.1 Å². The molecule has 0 saturated carbocycles. The average Bonchev–Trinajstić information content (AvgIpc) is 2.82. The van der Waals surface area contributed by atoms with Gasteiger partial charge in [-0.25, -0.2) is 0 Å². The van der Waals surface area contributed by atoms with Gasteiger partial charge in [-0.1, -0.05) is 25.1 Å². The predicted molar refractivity (Wildman–Crippen MR) is 81.3 cm³/mol. The van der Waals surface area contributed by atoms with E-state index >= 15 is 0 Å². The van der Waals surface area contributed by atoms with Gasteiger partial charge in [0.1, 0.15) is 0 Å². The maximum Gasteiger partial charge on any atom is 0.0386 e. The van der Waals surface area contributed by atoms with Crippen molar-refractivity contribution in [2.45, 2.75) is 33.7 Å². The zero-order valence-electron chi connectivity index (χ0n) is 11.6. The van der Waals surface area contributed by atoms with E-state index in [1.807, 2.05) is 11.3 Å². The Kier molecular flexibility index (Phi) is 4.20. The fourth-order valence-electron chi connectivity index (χ4n) is 2.16. The highest BCUT2D eigenvalue weighted by atomic mass is 32.1. The lowest BCUT2D eigenvalue weighted by Crippen LogP contribution is -2.16. The van der Waals surface area contributed by atoms with E-state index in [0.29, 0.717) is 6.04 Å². The Hall–Kier alpha value is -1.12. The molecule has 0 amide bonds. The van der Waals surface area contributed by atoms with Crippen molar-refractivity contribution in [2.75, 3.05) is 6.54 Å². The molecule has 1 heterocycles. The standard InChI is InChI=1S/C16H21NS/c1-5-17-13(4)15-9-10-16(18-15)14-8-6-7-11(2)12(14)3/h6-10,13,17H,5H2,1-4H3. The van der Waals surface area contributed by atoms with Crippen molar-refractivity contribution in [3.8, 4) is 10.4 Å². The molecule has 1 N–H and O–H groups in total. The average molecular weight is 259 g/mol.